The van der Waals surface area contributed by atoms with E-state index in [1.54, 1.807) is 16.7 Å². The molecule has 0 radical (unpaired) electrons. The fraction of sp³-hybridized carbons (Fsp3) is 0.733. The molecule has 1 N–H and O–H groups in total. The lowest BCUT2D eigenvalue weighted by Gasteiger charge is -2.17. The Balaban J connectivity index is 1.87. The average Bonchev–Trinajstić information content (AvgIpc) is 3.02. The van der Waals surface area contributed by atoms with E-state index in [2.05, 4.69) is 15.3 Å². The highest BCUT2D eigenvalue weighted by Gasteiger charge is 2.30. The minimum atomic E-state index is -3.10. The van der Waals surface area contributed by atoms with E-state index in [0.29, 0.717) is 37.9 Å². The number of unbranched alkanes of at least 4 members (excludes halogenated alkanes) is 1. The molecule has 1 unspecified atom stereocenters. The number of ether oxygens (including phenoxy) is 1. The van der Waals surface area contributed by atoms with Gasteiger partial charge in [0.1, 0.15) is 0 Å². The molecular formula is C15H26N4O3S. The van der Waals surface area contributed by atoms with Crippen LogP contribution in [0.15, 0.2) is 12.4 Å². The van der Waals surface area contributed by atoms with Crippen LogP contribution in [-0.4, -0.2) is 54.7 Å². The van der Waals surface area contributed by atoms with Crippen LogP contribution in [0.3, 0.4) is 0 Å². The molecule has 8 heteroatoms. The SMILES string of the molecule is CCCCS(=O)(=O)N1CCC(CNc2nccnc2OCC)C1. The van der Waals surface area contributed by atoms with Crippen LogP contribution in [0, 0.1) is 5.92 Å². The Morgan fingerprint density at radius 1 is 1.35 bits per heavy atom. The van der Waals surface area contributed by atoms with Crippen molar-refractivity contribution in [2.45, 2.75) is 33.1 Å². The van der Waals surface area contributed by atoms with Crippen molar-refractivity contribution in [1.82, 2.24) is 14.3 Å². The number of nitrogens with zero attached hydrogens (tertiary/aromatic N) is 3. The summed E-state index contributed by atoms with van der Waals surface area (Å²) in [7, 11) is -3.10. The second-order valence-corrected chi connectivity index (χ2v) is 7.79. The Hall–Kier alpha value is -1.41. The van der Waals surface area contributed by atoms with Crippen LogP contribution in [0.2, 0.25) is 0 Å². The molecule has 1 atom stereocenters. The van der Waals surface area contributed by atoms with E-state index in [1.807, 2.05) is 13.8 Å². The second kappa shape index (κ2) is 8.44. The normalized spacial score (nSPS) is 19.0. The summed E-state index contributed by atoms with van der Waals surface area (Å²) in [6.45, 7) is 6.27. The highest BCUT2D eigenvalue weighted by molar-refractivity contribution is 7.89. The van der Waals surface area contributed by atoms with Gasteiger partial charge in [-0.2, -0.15) is 0 Å². The van der Waals surface area contributed by atoms with E-state index >= 15 is 0 Å². The predicted octanol–water partition coefficient (Wildman–Crippen LogP) is 1.74. The minimum Gasteiger partial charge on any atom is -0.475 e. The molecule has 1 aromatic heterocycles. The van der Waals surface area contributed by atoms with Gasteiger partial charge in [-0.25, -0.2) is 22.7 Å². The number of rotatable bonds is 9. The number of hydrogen-bond donors (Lipinski definition) is 1. The summed E-state index contributed by atoms with van der Waals surface area (Å²) in [6.07, 6.45) is 5.68. The molecule has 0 amide bonds. The van der Waals surface area contributed by atoms with Gasteiger partial charge < -0.3 is 10.1 Å². The molecule has 1 aromatic rings. The number of sulfonamides is 1. The van der Waals surface area contributed by atoms with Gasteiger partial charge in [0.15, 0.2) is 5.82 Å². The quantitative estimate of drug-likeness (QED) is 0.736. The molecular weight excluding hydrogens is 316 g/mol. The van der Waals surface area contributed by atoms with Gasteiger partial charge in [-0.3, -0.25) is 0 Å². The van der Waals surface area contributed by atoms with Gasteiger partial charge in [-0.1, -0.05) is 13.3 Å². The molecule has 2 heterocycles. The lowest BCUT2D eigenvalue weighted by atomic mass is 10.1. The Bertz CT molecular complexity index is 594. The maximum atomic E-state index is 12.2. The van der Waals surface area contributed by atoms with Crippen molar-refractivity contribution in [3.63, 3.8) is 0 Å². The lowest BCUT2D eigenvalue weighted by molar-refractivity contribution is 0.327. The predicted molar refractivity (Wildman–Crippen MR) is 90.1 cm³/mol. The van der Waals surface area contributed by atoms with Crippen molar-refractivity contribution in [3.8, 4) is 5.88 Å². The summed E-state index contributed by atoms with van der Waals surface area (Å²) in [4.78, 5) is 8.38. The standard InChI is InChI=1S/C15H26N4O3S/c1-3-5-10-23(20,21)19-9-6-13(12-19)11-18-14-15(22-4-2)17-8-7-16-14/h7-8,13H,3-6,9-12H2,1-2H3,(H,16,18). The maximum Gasteiger partial charge on any atom is 0.257 e. The van der Waals surface area contributed by atoms with Crippen LogP contribution in [0.4, 0.5) is 5.82 Å². The molecule has 0 spiro atoms. The van der Waals surface area contributed by atoms with Gasteiger partial charge in [0.2, 0.25) is 10.0 Å². The fourth-order valence-electron chi connectivity index (χ4n) is 2.60. The second-order valence-electron chi connectivity index (χ2n) is 5.71. The highest BCUT2D eigenvalue weighted by atomic mass is 32.2. The van der Waals surface area contributed by atoms with Crippen molar-refractivity contribution in [2.75, 3.05) is 37.3 Å². The van der Waals surface area contributed by atoms with Gasteiger partial charge in [0, 0.05) is 32.0 Å². The van der Waals surface area contributed by atoms with Crippen molar-refractivity contribution in [2.24, 2.45) is 5.92 Å². The van der Waals surface area contributed by atoms with Crippen LogP contribution in [0.1, 0.15) is 33.1 Å². The maximum absolute atomic E-state index is 12.2. The van der Waals surface area contributed by atoms with E-state index in [0.717, 1.165) is 19.3 Å². The average molecular weight is 342 g/mol. The number of nitrogens with one attached hydrogen (secondary N) is 1. The molecule has 1 aliphatic rings. The Morgan fingerprint density at radius 3 is 2.87 bits per heavy atom. The molecule has 2 rings (SSSR count). The fourth-order valence-corrected chi connectivity index (χ4v) is 4.34. The zero-order chi connectivity index (χ0) is 16.7. The van der Waals surface area contributed by atoms with Gasteiger partial charge in [-0.05, 0) is 25.7 Å². The van der Waals surface area contributed by atoms with E-state index < -0.39 is 10.0 Å². The molecule has 0 aromatic carbocycles. The molecule has 0 aliphatic carbocycles. The van der Waals surface area contributed by atoms with Gasteiger partial charge in [0.25, 0.3) is 5.88 Å². The first-order valence-corrected chi connectivity index (χ1v) is 9.83. The van der Waals surface area contributed by atoms with Crippen LogP contribution >= 0.6 is 0 Å². The van der Waals surface area contributed by atoms with Crippen LogP contribution in [0.5, 0.6) is 5.88 Å². The molecule has 23 heavy (non-hydrogen) atoms. The number of aromatic nitrogens is 2. The summed E-state index contributed by atoms with van der Waals surface area (Å²) in [5, 5.41) is 3.24. The Kier molecular flexibility index (Phi) is 6.59. The summed E-state index contributed by atoms with van der Waals surface area (Å²) in [6, 6.07) is 0. The van der Waals surface area contributed by atoms with E-state index in [1.165, 1.54) is 0 Å². The van der Waals surface area contributed by atoms with E-state index in [4.69, 9.17) is 4.74 Å². The van der Waals surface area contributed by atoms with Crippen LogP contribution in [0.25, 0.3) is 0 Å². The first-order valence-electron chi connectivity index (χ1n) is 8.22. The molecule has 1 fully saturated rings. The summed E-state index contributed by atoms with van der Waals surface area (Å²) < 4.78 is 31.5. The largest absolute Gasteiger partial charge is 0.475 e. The molecule has 1 aliphatic heterocycles. The van der Waals surface area contributed by atoms with Gasteiger partial charge in [-0.15, -0.1) is 0 Å². The van der Waals surface area contributed by atoms with Crippen molar-refractivity contribution >= 4 is 15.8 Å². The van der Waals surface area contributed by atoms with Gasteiger partial charge >= 0.3 is 0 Å². The first-order chi connectivity index (χ1) is 11.1. The lowest BCUT2D eigenvalue weighted by Crippen LogP contribution is -2.31. The zero-order valence-electron chi connectivity index (χ0n) is 13.9. The van der Waals surface area contributed by atoms with Crippen LogP contribution in [-0.2, 0) is 10.0 Å². The first kappa shape index (κ1) is 17.9. The Labute approximate surface area is 138 Å². The highest BCUT2D eigenvalue weighted by Crippen LogP contribution is 2.23. The number of anilines is 1. The third kappa shape index (κ3) is 5.04. The number of hydrogen-bond acceptors (Lipinski definition) is 6. The van der Waals surface area contributed by atoms with Crippen LogP contribution < -0.4 is 10.1 Å². The van der Waals surface area contributed by atoms with Crippen molar-refractivity contribution < 1.29 is 13.2 Å². The Morgan fingerprint density at radius 2 is 2.13 bits per heavy atom. The van der Waals surface area contributed by atoms with Crippen molar-refractivity contribution in [1.29, 1.82) is 0 Å². The van der Waals surface area contributed by atoms with E-state index in [9.17, 15) is 8.42 Å². The minimum absolute atomic E-state index is 0.252. The van der Waals surface area contributed by atoms with E-state index in [-0.39, 0.29) is 11.7 Å². The molecule has 130 valence electrons. The summed E-state index contributed by atoms with van der Waals surface area (Å²) in [5.41, 5.74) is 0. The molecule has 0 bridgehead atoms. The zero-order valence-corrected chi connectivity index (χ0v) is 14.7. The molecule has 0 saturated carbocycles. The monoisotopic (exact) mass is 342 g/mol. The van der Waals surface area contributed by atoms with Crippen molar-refractivity contribution in [3.05, 3.63) is 12.4 Å². The molecule has 7 nitrogen and oxygen atoms in total. The summed E-state index contributed by atoms with van der Waals surface area (Å²) in [5.74, 6) is 1.63. The van der Waals surface area contributed by atoms with Gasteiger partial charge in [0.05, 0.1) is 12.4 Å². The third-order valence-electron chi connectivity index (χ3n) is 3.90. The molecule has 1 saturated heterocycles. The third-order valence-corrected chi connectivity index (χ3v) is 5.82. The smallest absolute Gasteiger partial charge is 0.257 e. The summed E-state index contributed by atoms with van der Waals surface area (Å²) >= 11 is 0. The topological polar surface area (TPSA) is 84.4 Å².